The summed E-state index contributed by atoms with van der Waals surface area (Å²) in [7, 11) is -2.50. The molecule has 0 aliphatic carbocycles. The number of hydrogen-bond acceptors (Lipinski definition) is 2. The molecule has 0 saturated carbocycles. The Bertz CT molecular complexity index is 1330. The van der Waals surface area contributed by atoms with Crippen LogP contribution in [0.5, 0.6) is 0 Å². The van der Waals surface area contributed by atoms with E-state index in [0.717, 1.165) is 16.7 Å². The molecular weight excluding hydrogens is 445 g/mol. The molecule has 0 amide bonds. The van der Waals surface area contributed by atoms with E-state index in [1.807, 2.05) is 12.1 Å². The molecule has 0 fully saturated rings. The maximum atomic E-state index is 10.4. The molecule has 0 aromatic heterocycles. The normalized spacial score (nSPS) is 11.4. The van der Waals surface area contributed by atoms with E-state index in [1.165, 1.54) is 21.2 Å². The molecule has 0 spiro atoms. The summed E-state index contributed by atoms with van der Waals surface area (Å²) in [6, 6.07) is 50.1. The van der Waals surface area contributed by atoms with E-state index in [-0.39, 0.29) is 0 Å². The molecule has 0 heterocycles. The SMILES string of the molecule is O=C=NCc1ccc(-c2ccc([PH](c3ccccc3)(c3ccccc3)c3ccccc3)cc2)cc1. The first-order valence-corrected chi connectivity index (χ1v) is 13.7. The van der Waals surface area contributed by atoms with Crippen LogP contribution in [-0.4, -0.2) is 6.08 Å². The van der Waals surface area contributed by atoms with Crippen LogP contribution in [0.3, 0.4) is 0 Å². The van der Waals surface area contributed by atoms with E-state index in [9.17, 15) is 4.79 Å². The van der Waals surface area contributed by atoms with Crippen molar-refractivity contribution in [2.24, 2.45) is 4.99 Å². The third kappa shape index (κ3) is 4.51. The van der Waals surface area contributed by atoms with Crippen LogP contribution < -0.4 is 21.2 Å². The first-order valence-electron chi connectivity index (χ1n) is 11.7. The second kappa shape index (κ2) is 10.5. The number of aliphatic imine (C=N–C) groups is 1. The summed E-state index contributed by atoms with van der Waals surface area (Å²) in [4.78, 5) is 14.1. The van der Waals surface area contributed by atoms with Gasteiger partial charge in [-0.15, -0.1) is 0 Å². The van der Waals surface area contributed by atoms with E-state index in [1.54, 1.807) is 6.08 Å². The van der Waals surface area contributed by atoms with Gasteiger partial charge in [-0.3, -0.25) is 0 Å². The predicted molar refractivity (Wildman–Crippen MR) is 150 cm³/mol. The van der Waals surface area contributed by atoms with Crippen molar-refractivity contribution < 1.29 is 4.79 Å². The van der Waals surface area contributed by atoms with Gasteiger partial charge in [-0.25, -0.2) is 0 Å². The third-order valence-corrected chi connectivity index (χ3v) is 11.3. The first-order chi connectivity index (χ1) is 17.3. The van der Waals surface area contributed by atoms with Crippen LogP contribution in [-0.2, 0) is 11.3 Å². The molecule has 0 radical (unpaired) electrons. The monoisotopic (exact) mass is 471 g/mol. The molecule has 0 N–H and O–H groups in total. The third-order valence-electron chi connectivity index (χ3n) is 6.55. The van der Waals surface area contributed by atoms with Gasteiger partial charge < -0.3 is 0 Å². The Morgan fingerprint density at radius 1 is 0.486 bits per heavy atom. The minimum absolute atomic E-state index is 0.363. The molecule has 35 heavy (non-hydrogen) atoms. The average molecular weight is 472 g/mol. The molecule has 5 aromatic rings. The summed E-state index contributed by atoms with van der Waals surface area (Å²) in [5.41, 5.74) is 3.30. The summed E-state index contributed by atoms with van der Waals surface area (Å²) in [6.07, 6.45) is 1.60. The first kappa shape index (κ1) is 22.7. The molecule has 5 aromatic carbocycles. The number of isocyanates is 1. The van der Waals surface area contributed by atoms with E-state index < -0.39 is 7.26 Å². The Labute approximate surface area is 207 Å². The summed E-state index contributed by atoms with van der Waals surface area (Å²) in [5, 5.41) is 5.45. The Morgan fingerprint density at radius 2 is 0.857 bits per heavy atom. The molecular formula is C32H26NOP. The van der Waals surface area contributed by atoms with Gasteiger partial charge in [0.05, 0.1) is 0 Å². The van der Waals surface area contributed by atoms with Gasteiger partial charge in [0.25, 0.3) is 0 Å². The number of benzene rings is 5. The van der Waals surface area contributed by atoms with Crippen molar-refractivity contribution in [1.29, 1.82) is 0 Å². The van der Waals surface area contributed by atoms with Gasteiger partial charge in [0, 0.05) is 0 Å². The van der Waals surface area contributed by atoms with Crippen molar-refractivity contribution in [1.82, 2.24) is 0 Å². The second-order valence-corrected chi connectivity index (χ2v) is 12.3. The molecule has 0 unspecified atom stereocenters. The Kier molecular flexibility index (Phi) is 6.77. The van der Waals surface area contributed by atoms with Crippen LogP contribution in [0.4, 0.5) is 0 Å². The zero-order valence-electron chi connectivity index (χ0n) is 19.3. The van der Waals surface area contributed by atoms with Gasteiger partial charge in [-0.05, 0) is 0 Å². The summed E-state index contributed by atoms with van der Waals surface area (Å²) in [5.74, 6) is 0. The minimum atomic E-state index is -2.50. The van der Waals surface area contributed by atoms with Gasteiger partial charge in [-0.1, -0.05) is 0 Å². The van der Waals surface area contributed by atoms with Crippen molar-refractivity contribution in [2.75, 3.05) is 0 Å². The number of rotatable bonds is 7. The zero-order chi connectivity index (χ0) is 23.9. The van der Waals surface area contributed by atoms with Crippen LogP contribution in [0.25, 0.3) is 11.1 Å². The van der Waals surface area contributed by atoms with Crippen molar-refractivity contribution in [3.05, 3.63) is 145 Å². The van der Waals surface area contributed by atoms with E-state index in [4.69, 9.17) is 0 Å². The maximum absolute atomic E-state index is 10.4. The van der Waals surface area contributed by atoms with Crippen LogP contribution in [0.1, 0.15) is 5.56 Å². The summed E-state index contributed by atoms with van der Waals surface area (Å²) in [6.45, 7) is 0.363. The molecule has 0 saturated heterocycles. The molecule has 170 valence electrons. The van der Waals surface area contributed by atoms with Gasteiger partial charge >= 0.3 is 207 Å². The fourth-order valence-electron chi connectivity index (χ4n) is 4.90. The zero-order valence-corrected chi connectivity index (χ0v) is 20.3. The molecule has 0 atom stereocenters. The summed E-state index contributed by atoms with van der Waals surface area (Å²) >= 11 is 0. The Balaban J connectivity index is 1.66. The van der Waals surface area contributed by atoms with Crippen molar-refractivity contribution in [3.63, 3.8) is 0 Å². The standard InChI is InChI=1S/C32H26NOP/c34-25-33-24-26-16-18-27(19-17-26)28-20-22-32(23-21-28)35(29-10-4-1-5-11-29,30-12-6-2-7-13-30)31-14-8-3-9-15-31/h1-23,35H,24H2. The fourth-order valence-corrected chi connectivity index (χ4v) is 9.65. The van der Waals surface area contributed by atoms with Crippen LogP contribution in [0.2, 0.25) is 0 Å². The molecule has 0 aliphatic rings. The second-order valence-electron chi connectivity index (χ2n) is 8.53. The number of hydrogen-bond donors (Lipinski definition) is 0. The van der Waals surface area contributed by atoms with E-state index in [0.29, 0.717) is 6.54 Å². The quantitative estimate of drug-likeness (QED) is 0.174. The van der Waals surface area contributed by atoms with Gasteiger partial charge in [0.2, 0.25) is 0 Å². The predicted octanol–water partition coefficient (Wildman–Crippen LogP) is 5.54. The fraction of sp³-hybridized carbons (Fsp3) is 0.0312. The molecule has 0 bridgehead atoms. The molecule has 5 rings (SSSR count). The average Bonchev–Trinajstić information content (AvgIpc) is 2.95. The number of nitrogens with zero attached hydrogens (tertiary/aromatic N) is 1. The van der Waals surface area contributed by atoms with Crippen molar-refractivity contribution in [3.8, 4) is 11.1 Å². The van der Waals surface area contributed by atoms with Gasteiger partial charge in [0.1, 0.15) is 0 Å². The molecule has 0 aliphatic heterocycles. The number of carbonyl (C=O) groups excluding carboxylic acids is 1. The van der Waals surface area contributed by atoms with E-state index >= 15 is 0 Å². The Morgan fingerprint density at radius 3 is 1.26 bits per heavy atom. The van der Waals surface area contributed by atoms with Gasteiger partial charge in [0.15, 0.2) is 0 Å². The van der Waals surface area contributed by atoms with Crippen LogP contribution in [0.15, 0.2) is 145 Å². The van der Waals surface area contributed by atoms with Gasteiger partial charge in [-0.2, -0.15) is 0 Å². The molecule has 2 nitrogen and oxygen atoms in total. The Hall–Kier alpha value is -4.09. The molecule has 3 heteroatoms. The van der Waals surface area contributed by atoms with E-state index in [2.05, 4.69) is 132 Å². The van der Waals surface area contributed by atoms with Crippen molar-refractivity contribution >= 4 is 34.6 Å². The van der Waals surface area contributed by atoms with Crippen LogP contribution in [0, 0.1) is 0 Å². The van der Waals surface area contributed by atoms with Crippen LogP contribution >= 0.6 is 7.26 Å². The summed E-state index contributed by atoms with van der Waals surface area (Å²) < 4.78 is 0. The van der Waals surface area contributed by atoms with Crippen molar-refractivity contribution in [2.45, 2.75) is 6.54 Å². The topological polar surface area (TPSA) is 29.4 Å².